The molecule has 2 rings (SSSR count). The van der Waals surface area contributed by atoms with Gasteiger partial charge in [-0.05, 0) is 18.4 Å². The normalized spacial score (nSPS) is 12.4. The summed E-state index contributed by atoms with van der Waals surface area (Å²) in [7, 11) is 0. The SMILES string of the molecule is CSc1nc(N)c(C(=O)c2ccc([NH+]([O-])O)cc2)s1. The third-order valence-corrected chi connectivity index (χ3v) is 4.46. The largest absolute Gasteiger partial charge is 0.595 e. The van der Waals surface area contributed by atoms with Crippen LogP contribution in [0.3, 0.4) is 0 Å². The quantitative estimate of drug-likeness (QED) is 0.443. The Kier molecular flexibility index (Phi) is 4.17. The number of nitrogens with two attached hydrogens (primary N) is 1. The van der Waals surface area contributed by atoms with Gasteiger partial charge in [0.15, 0.2) is 10.0 Å². The third kappa shape index (κ3) is 2.94. The van der Waals surface area contributed by atoms with Crippen LogP contribution in [0.1, 0.15) is 15.2 Å². The number of carbonyl (C=O) groups is 1. The van der Waals surface area contributed by atoms with Crippen LogP contribution in [0.25, 0.3) is 0 Å². The van der Waals surface area contributed by atoms with Crippen LogP contribution >= 0.6 is 23.1 Å². The molecule has 1 atom stereocenters. The predicted octanol–water partition coefficient (Wildman–Crippen LogP) is 1.08. The summed E-state index contributed by atoms with van der Waals surface area (Å²) in [6.45, 7) is 0. The van der Waals surface area contributed by atoms with Crippen LogP contribution in [0.15, 0.2) is 28.6 Å². The Morgan fingerprint density at radius 2 is 2.11 bits per heavy atom. The monoisotopic (exact) mass is 297 g/mol. The zero-order valence-corrected chi connectivity index (χ0v) is 11.5. The Morgan fingerprint density at radius 3 is 2.58 bits per heavy atom. The summed E-state index contributed by atoms with van der Waals surface area (Å²) < 4.78 is 0.725. The first-order valence-electron chi connectivity index (χ1n) is 5.21. The number of aromatic nitrogens is 1. The van der Waals surface area contributed by atoms with Gasteiger partial charge in [0.25, 0.3) is 0 Å². The number of hydrogen-bond acceptors (Lipinski definition) is 7. The first-order valence-corrected chi connectivity index (χ1v) is 7.25. The number of benzene rings is 1. The summed E-state index contributed by atoms with van der Waals surface area (Å²) in [5.74, 6) is -0.0334. The van der Waals surface area contributed by atoms with Crippen LogP contribution in [-0.2, 0) is 0 Å². The summed E-state index contributed by atoms with van der Waals surface area (Å²) in [4.78, 5) is 16.7. The van der Waals surface area contributed by atoms with Crippen molar-refractivity contribution < 1.29 is 15.2 Å². The molecule has 0 aliphatic rings. The summed E-state index contributed by atoms with van der Waals surface area (Å²) in [6.07, 6.45) is 1.86. The first kappa shape index (κ1) is 14.0. The first-order chi connectivity index (χ1) is 9.02. The predicted molar refractivity (Wildman–Crippen MR) is 74.0 cm³/mol. The smallest absolute Gasteiger partial charge is 0.206 e. The van der Waals surface area contributed by atoms with Crippen LogP contribution in [0.2, 0.25) is 0 Å². The molecule has 0 radical (unpaired) electrons. The van der Waals surface area contributed by atoms with Gasteiger partial charge in [-0.1, -0.05) is 11.8 Å². The molecule has 1 aromatic carbocycles. The van der Waals surface area contributed by atoms with Crippen molar-refractivity contribution >= 4 is 40.4 Å². The van der Waals surface area contributed by atoms with Gasteiger partial charge in [-0.2, -0.15) is 5.23 Å². The fourth-order valence-corrected chi connectivity index (χ4v) is 2.91. The molecule has 0 aliphatic heterocycles. The zero-order chi connectivity index (χ0) is 14.0. The van der Waals surface area contributed by atoms with E-state index < -0.39 is 5.23 Å². The lowest BCUT2D eigenvalue weighted by atomic mass is 10.1. The molecule has 1 heterocycles. The summed E-state index contributed by atoms with van der Waals surface area (Å²) >= 11 is 2.65. The molecule has 0 bridgehead atoms. The van der Waals surface area contributed by atoms with Gasteiger partial charge < -0.3 is 10.9 Å². The van der Waals surface area contributed by atoms with Crippen LogP contribution in [0, 0.1) is 5.21 Å². The van der Waals surface area contributed by atoms with Gasteiger partial charge in [-0.25, -0.2) is 10.2 Å². The van der Waals surface area contributed by atoms with Crippen LogP contribution in [0.5, 0.6) is 0 Å². The topological polar surface area (TPSA) is 104 Å². The van der Waals surface area contributed by atoms with E-state index in [4.69, 9.17) is 10.9 Å². The van der Waals surface area contributed by atoms with Crippen molar-refractivity contribution in [3.63, 3.8) is 0 Å². The van der Waals surface area contributed by atoms with Gasteiger partial charge in [-0.3, -0.25) is 4.79 Å². The molecular formula is C11H11N3O3S2. The second kappa shape index (κ2) is 5.68. The molecule has 100 valence electrons. The number of quaternary nitrogens is 1. The molecule has 1 aromatic heterocycles. The minimum Gasteiger partial charge on any atom is -0.595 e. The molecule has 19 heavy (non-hydrogen) atoms. The maximum absolute atomic E-state index is 12.2. The number of anilines is 1. The van der Waals surface area contributed by atoms with Gasteiger partial charge in [-0.15, -0.1) is 11.3 Å². The Hall–Kier alpha value is -1.45. The van der Waals surface area contributed by atoms with E-state index in [1.165, 1.54) is 47.4 Å². The average molecular weight is 297 g/mol. The van der Waals surface area contributed by atoms with Crippen molar-refractivity contribution in [1.29, 1.82) is 0 Å². The number of rotatable bonds is 4. The van der Waals surface area contributed by atoms with E-state index in [2.05, 4.69) is 4.98 Å². The summed E-state index contributed by atoms with van der Waals surface area (Å²) in [5, 5.41) is 18.5. The number of hydrogen-bond donors (Lipinski definition) is 3. The Bertz CT molecular complexity index is 596. The zero-order valence-electron chi connectivity index (χ0n) is 9.91. The summed E-state index contributed by atoms with van der Waals surface area (Å²) in [6, 6.07) is 5.73. The fourth-order valence-electron chi connectivity index (χ4n) is 1.46. The highest BCUT2D eigenvalue weighted by Gasteiger charge is 2.18. The fraction of sp³-hybridized carbons (Fsp3) is 0.0909. The number of thiazole rings is 1. The number of nitrogens with zero attached hydrogens (tertiary/aromatic N) is 1. The van der Waals surface area contributed by atoms with E-state index in [1.807, 2.05) is 6.26 Å². The molecule has 0 aliphatic carbocycles. The highest BCUT2D eigenvalue weighted by atomic mass is 32.2. The maximum Gasteiger partial charge on any atom is 0.206 e. The number of carbonyl (C=O) groups excluding carboxylic acids is 1. The molecule has 0 spiro atoms. The van der Waals surface area contributed by atoms with Crippen LogP contribution in [0.4, 0.5) is 11.5 Å². The van der Waals surface area contributed by atoms with Gasteiger partial charge in [0, 0.05) is 17.7 Å². The lowest BCUT2D eigenvalue weighted by Gasteiger charge is -2.11. The number of ketones is 1. The Labute approximate surface area is 117 Å². The molecular weight excluding hydrogens is 286 g/mol. The van der Waals surface area contributed by atoms with Gasteiger partial charge in [0.1, 0.15) is 10.7 Å². The second-order valence-corrected chi connectivity index (χ2v) is 5.66. The van der Waals surface area contributed by atoms with Crippen molar-refractivity contribution in [2.24, 2.45) is 0 Å². The molecule has 8 heteroatoms. The number of nitrogens with one attached hydrogen (secondary N) is 1. The number of nitrogen functional groups attached to an aromatic ring is 1. The lowest BCUT2D eigenvalue weighted by Crippen LogP contribution is -2.99. The van der Waals surface area contributed by atoms with Crippen LogP contribution in [-0.4, -0.2) is 22.2 Å². The molecule has 0 fully saturated rings. The minimum atomic E-state index is -1.03. The Balaban J connectivity index is 2.30. The van der Waals surface area contributed by atoms with E-state index in [0.717, 1.165) is 4.34 Å². The van der Waals surface area contributed by atoms with Crippen molar-refractivity contribution in [2.45, 2.75) is 4.34 Å². The van der Waals surface area contributed by atoms with Crippen molar-refractivity contribution in [2.75, 3.05) is 12.0 Å². The molecule has 0 saturated heterocycles. The lowest BCUT2D eigenvalue weighted by molar-refractivity contribution is -0.991. The van der Waals surface area contributed by atoms with Crippen molar-refractivity contribution in [1.82, 2.24) is 4.98 Å². The van der Waals surface area contributed by atoms with Crippen molar-refractivity contribution in [3.8, 4) is 0 Å². The highest BCUT2D eigenvalue weighted by molar-refractivity contribution is 8.00. The third-order valence-electron chi connectivity index (χ3n) is 2.41. The summed E-state index contributed by atoms with van der Waals surface area (Å²) in [5.41, 5.74) is 6.24. The second-order valence-electron chi connectivity index (χ2n) is 3.61. The molecule has 6 nitrogen and oxygen atoms in total. The average Bonchev–Trinajstić information content (AvgIpc) is 2.79. The van der Waals surface area contributed by atoms with E-state index in [0.29, 0.717) is 10.4 Å². The standard InChI is InChI=1S/C11H11N3O3S2/c1-18-11-13-10(12)9(19-11)8(15)6-2-4-7(5-3-6)14(16)17/h2-5,14,16H,12H2,1H3. The Morgan fingerprint density at radius 1 is 1.47 bits per heavy atom. The molecule has 4 N–H and O–H groups in total. The molecule has 1 unspecified atom stereocenters. The van der Waals surface area contributed by atoms with E-state index in [9.17, 15) is 10.0 Å². The van der Waals surface area contributed by atoms with Gasteiger partial charge in [0.05, 0.1) is 0 Å². The van der Waals surface area contributed by atoms with E-state index in [-0.39, 0.29) is 17.3 Å². The molecule has 0 amide bonds. The van der Waals surface area contributed by atoms with E-state index in [1.54, 1.807) is 0 Å². The van der Waals surface area contributed by atoms with Gasteiger partial charge >= 0.3 is 0 Å². The van der Waals surface area contributed by atoms with Gasteiger partial charge in [0.2, 0.25) is 5.78 Å². The van der Waals surface area contributed by atoms with Crippen molar-refractivity contribution in [3.05, 3.63) is 39.9 Å². The molecule has 0 saturated carbocycles. The highest BCUT2D eigenvalue weighted by Crippen LogP contribution is 2.29. The van der Waals surface area contributed by atoms with Crippen LogP contribution < -0.4 is 11.0 Å². The maximum atomic E-state index is 12.2. The number of thioether (sulfide) groups is 1. The van der Waals surface area contributed by atoms with E-state index >= 15 is 0 Å². The molecule has 2 aromatic rings. The minimum absolute atomic E-state index is 0.138.